The predicted octanol–water partition coefficient (Wildman–Crippen LogP) is 4.78. The van der Waals surface area contributed by atoms with E-state index in [1.807, 2.05) is 38.5 Å². The summed E-state index contributed by atoms with van der Waals surface area (Å²) < 4.78 is 26.8. The highest BCUT2D eigenvalue weighted by molar-refractivity contribution is 7.92. The van der Waals surface area contributed by atoms with E-state index < -0.39 is 21.7 Å². The minimum Gasteiger partial charge on any atom is -0.384 e. The fraction of sp³-hybridized carbons (Fsp3) is 0.474. The lowest BCUT2D eigenvalue weighted by atomic mass is 9.92. The third kappa shape index (κ3) is 5.48. The fourth-order valence-corrected chi connectivity index (χ4v) is 5.22. The van der Waals surface area contributed by atoms with Crippen LogP contribution in [0.25, 0.3) is 0 Å². The van der Waals surface area contributed by atoms with E-state index in [4.69, 9.17) is 11.6 Å². The normalized spacial score (nSPS) is 12.5. The van der Waals surface area contributed by atoms with Crippen molar-refractivity contribution in [2.24, 2.45) is 0 Å². The lowest BCUT2D eigenvalue weighted by Crippen LogP contribution is -2.35. The molecular formula is C19H26ClN3O4S2. The molecule has 0 radical (unpaired) electrons. The molecule has 2 rings (SSSR count). The maximum Gasteiger partial charge on any atom is 0.333 e. The molecular weight excluding hydrogens is 434 g/mol. The first-order valence-electron chi connectivity index (χ1n) is 9.08. The van der Waals surface area contributed by atoms with Crippen LogP contribution in [0.2, 0.25) is 5.02 Å². The van der Waals surface area contributed by atoms with Gasteiger partial charge in [-0.1, -0.05) is 45.4 Å². The van der Waals surface area contributed by atoms with Crippen LogP contribution in [0.5, 0.6) is 0 Å². The fourth-order valence-electron chi connectivity index (χ4n) is 2.76. The first-order valence-corrected chi connectivity index (χ1v) is 11.8. The van der Waals surface area contributed by atoms with Gasteiger partial charge in [0.2, 0.25) is 4.34 Å². The largest absolute Gasteiger partial charge is 0.384 e. The molecule has 0 atom stereocenters. The van der Waals surface area contributed by atoms with E-state index in [2.05, 4.69) is 10.3 Å². The number of hydrogen-bond donors (Lipinski definition) is 3. The lowest BCUT2D eigenvalue weighted by Gasteiger charge is -2.21. The van der Waals surface area contributed by atoms with Crippen molar-refractivity contribution in [3.8, 4) is 0 Å². The molecule has 1 aromatic heterocycles. The minimum absolute atomic E-state index is 0.0152. The Labute approximate surface area is 180 Å². The standard InChI is InChI=1S/C19H26ClN3O4S2/c1-10(2)12-7-8-13(20)15(11(3)4)16(12)22-17(24)23-29(26,27)18-21-14(9-28-18)19(5,6)25/h7-11,25H,1-6H3,(H2,22,23,24). The van der Waals surface area contributed by atoms with Gasteiger partial charge in [0.25, 0.3) is 10.0 Å². The Morgan fingerprint density at radius 1 is 1.21 bits per heavy atom. The molecule has 160 valence electrons. The van der Waals surface area contributed by atoms with Crippen molar-refractivity contribution in [3.05, 3.63) is 39.4 Å². The van der Waals surface area contributed by atoms with Crippen molar-refractivity contribution in [3.63, 3.8) is 0 Å². The van der Waals surface area contributed by atoms with Gasteiger partial charge in [0.15, 0.2) is 0 Å². The van der Waals surface area contributed by atoms with Gasteiger partial charge in [-0.3, -0.25) is 0 Å². The Hall–Kier alpha value is -1.68. The third-order valence-corrected chi connectivity index (χ3v) is 7.15. The highest BCUT2D eigenvalue weighted by Crippen LogP contribution is 2.37. The van der Waals surface area contributed by atoms with Gasteiger partial charge in [-0.15, -0.1) is 11.3 Å². The van der Waals surface area contributed by atoms with Crippen LogP contribution in [0.1, 0.15) is 70.2 Å². The molecule has 0 saturated heterocycles. The predicted molar refractivity (Wildman–Crippen MR) is 116 cm³/mol. The van der Waals surface area contributed by atoms with Crippen LogP contribution in [0.3, 0.4) is 0 Å². The number of carbonyl (C=O) groups excluding carboxylic acids is 1. The zero-order valence-electron chi connectivity index (χ0n) is 17.2. The van der Waals surface area contributed by atoms with E-state index in [0.717, 1.165) is 22.5 Å². The second-order valence-electron chi connectivity index (χ2n) is 7.85. The summed E-state index contributed by atoms with van der Waals surface area (Å²) in [5, 5.41) is 14.6. The molecule has 3 N–H and O–H groups in total. The average Bonchev–Trinajstić information content (AvgIpc) is 3.04. The highest BCUT2D eigenvalue weighted by atomic mass is 35.5. The summed E-state index contributed by atoms with van der Waals surface area (Å²) >= 11 is 7.16. The van der Waals surface area contributed by atoms with E-state index in [1.54, 1.807) is 6.07 Å². The van der Waals surface area contributed by atoms with Crippen LogP contribution in [0.4, 0.5) is 10.5 Å². The quantitative estimate of drug-likeness (QED) is 0.575. The first-order chi connectivity index (χ1) is 13.2. The maximum atomic E-state index is 12.5. The Balaban J connectivity index is 2.33. The number of aliphatic hydroxyl groups is 1. The van der Waals surface area contributed by atoms with E-state index in [0.29, 0.717) is 10.7 Å². The number of rotatable bonds is 6. The van der Waals surface area contributed by atoms with E-state index >= 15 is 0 Å². The average molecular weight is 460 g/mol. The molecule has 0 spiro atoms. The number of nitrogens with one attached hydrogen (secondary N) is 2. The number of benzene rings is 1. The minimum atomic E-state index is -4.19. The zero-order chi connectivity index (χ0) is 22.1. The molecule has 0 bridgehead atoms. The number of urea groups is 1. The number of aromatic nitrogens is 1. The molecule has 0 saturated carbocycles. The van der Waals surface area contributed by atoms with Crippen LogP contribution in [-0.2, 0) is 15.6 Å². The second kappa shape index (κ2) is 8.59. The van der Waals surface area contributed by atoms with Gasteiger partial charge < -0.3 is 10.4 Å². The highest BCUT2D eigenvalue weighted by Gasteiger charge is 2.27. The van der Waals surface area contributed by atoms with Gasteiger partial charge in [0.05, 0.1) is 11.4 Å². The molecule has 2 amide bonds. The van der Waals surface area contributed by atoms with Crippen molar-refractivity contribution in [2.75, 3.05) is 5.32 Å². The number of amides is 2. The summed E-state index contributed by atoms with van der Waals surface area (Å²) in [6.45, 7) is 10.8. The summed E-state index contributed by atoms with van der Waals surface area (Å²) in [5.41, 5.74) is 1.02. The van der Waals surface area contributed by atoms with Gasteiger partial charge in [0, 0.05) is 10.4 Å². The smallest absolute Gasteiger partial charge is 0.333 e. The van der Waals surface area contributed by atoms with Crippen molar-refractivity contribution < 1.29 is 18.3 Å². The van der Waals surface area contributed by atoms with Gasteiger partial charge in [0.1, 0.15) is 5.60 Å². The topological polar surface area (TPSA) is 108 Å². The molecule has 2 aromatic rings. The third-order valence-electron chi connectivity index (χ3n) is 4.23. The second-order valence-corrected chi connectivity index (χ2v) is 11.0. The Morgan fingerprint density at radius 2 is 1.83 bits per heavy atom. The summed E-state index contributed by atoms with van der Waals surface area (Å²) in [6, 6.07) is 2.69. The summed E-state index contributed by atoms with van der Waals surface area (Å²) in [6.07, 6.45) is 0. The summed E-state index contributed by atoms with van der Waals surface area (Å²) in [7, 11) is -4.19. The number of carbonyl (C=O) groups is 1. The van der Waals surface area contributed by atoms with Crippen molar-refractivity contribution in [1.82, 2.24) is 9.71 Å². The molecule has 0 aliphatic rings. The van der Waals surface area contributed by atoms with Gasteiger partial charge >= 0.3 is 6.03 Å². The zero-order valence-corrected chi connectivity index (χ0v) is 19.6. The summed E-state index contributed by atoms with van der Waals surface area (Å²) in [5.74, 6) is 0.103. The number of thiazole rings is 1. The number of hydrogen-bond acceptors (Lipinski definition) is 6. The number of nitrogens with zero attached hydrogens (tertiary/aromatic N) is 1. The molecule has 0 fully saturated rings. The van der Waals surface area contributed by atoms with Crippen LogP contribution in [-0.4, -0.2) is 24.5 Å². The number of sulfonamides is 1. The van der Waals surface area contributed by atoms with Crippen LogP contribution in [0, 0.1) is 0 Å². The molecule has 29 heavy (non-hydrogen) atoms. The van der Waals surface area contributed by atoms with E-state index in [9.17, 15) is 18.3 Å². The molecule has 1 aromatic carbocycles. The number of anilines is 1. The molecule has 10 heteroatoms. The van der Waals surface area contributed by atoms with Crippen molar-refractivity contribution >= 4 is 44.7 Å². The van der Waals surface area contributed by atoms with Crippen molar-refractivity contribution in [1.29, 1.82) is 0 Å². The molecule has 0 aliphatic heterocycles. The lowest BCUT2D eigenvalue weighted by molar-refractivity contribution is 0.0741. The van der Waals surface area contributed by atoms with Crippen LogP contribution >= 0.6 is 22.9 Å². The van der Waals surface area contributed by atoms with Crippen LogP contribution in [0.15, 0.2) is 21.9 Å². The molecule has 0 aliphatic carbocycles. The molecule has 0 unspecified atom stereocenters. The van der Waals surface area contributed by atoms with Gasteiger partial charge in [-0.2, -0.15) is 8.42 Å². The maximum absolute atomic E-state index is 12.5. The molecule has 1 heterocycles. The monoisotopic (exact) mass is 459 g/mol. The van der Waals surface area contributed by atoms with Crippen LogP contribution < -0.4 is 10.0 Å². The molecule has 7 nitrogen and oxygen atoms in total. The van der Waals surface area contributed by atoms with E-state index in [-0.39, 0.29) is 21.9 Å². The number of halogens is 1. The van der Waals surface area contributed by atoms with E-state index in [1.165, 1.54) is 19.2 Å². The first kappa shape index (κ1) is 23.6. The Morgan fingerprint density at radius 3 is 2.31 bits per heavy atom. The Kier molecular flexibility index (Phi) is 6.99. The Bertz CT molecular complexity index is 1010. The van der Waals surface area contributed by atoms with Crippen molar-refractivity contribution in [2.45, 2.75) is 63.3 Å². The van der Waals surface area contributed by atoms with Gasteiger partial charge in [-0.05, 0) is 42.9 Å². The van der Waals surface area contributed by atoms with Gasteiger partial charge in [-0.25, -0.2) is 14.5 Å². The summed E-state index contributed by atoms with van der Waals surface area (Å²) in [4.78, 5) is 16.5. The SMILES string of the molecule is CC(C)c1ccc(Cl)c(C(C)C)c1NC(=O)NS(=O)(=O)c1nc(C(C)(C)O)cs1.